The summed E-state index contributed by atoms with van der Waals surface area (Å²) in [4.78, 5) is 0. The van der Waals surface area contributed by atoms with Gasteiger partial charge in [0.2, 0.25) is 0 Å². The summed E-state index contributed by atoms with van der Waals surface area (Å²) in [6.07, 6.45) is 0. The van der Waals surface area contributed by atoms with E-state index in [-0.39, 0.29) is 11.7 Å². The molecule has 0 fully saturated rings. The first-order valence-corrected chi connectivity index (χ1v) is 7.93. The Morgan fingerprint density at radius 2 is 1.74 bits per heavy atom. The number of nitrogens with zero attached hydrogens (tertiary/aromatic N) is 1. The predicted molar refractivity (Wildman–Crippen MR) is 99.1 cm³/mol. The van der Waals surface area contributed by atoms with Crippen LogP contribution in [0.15, 0.2) is 58.1 Å². The van der Waals surface area contributed by atoms with Crippen molar-refractivity contribution in [3.8, 4) is 11.5 Å². The fraction of sp³-hybridized carbons (Fsp3) is 0.125. The van der Waals surface area contributed by atoms with Crippen LogP contribution in [0, 0.1) is 0 Å². The van der Waals surface area contributed by atoms with Gasteiger partial charge in [-0.15, -0.1) is 0 Å². The minimum absolute atomic E-state index is 0.101. The first-order chi connectivity index (χ1) is 11.1. The van der Waals surface area contributed by atoms with E-state index in [2.05, 4.69) is 26.5 Å². The van der Waals surface area contributed by atoms with Crippen LogP contribution in [-0.4, -0.2) is 24.5 Å². The number of nitrogens with one attached hydrogen (secondary N) is 1. The third kappa shape index (κ3) is 5.54. The van der Waals surface area contributed by atoms with Gasteiger partial charge in [-0.05, 0) is 48.6 Å². The Balaban J connectivity index is 2.12. The van der Waals surface area contributed by atoms with Gasteiger partial charge in [-0.2, -0.15) is 5.10 Å². The van der Waals surface area contributed by atoms with Crippen LogP contribution < -0.4 is 20.6 Å². The topological polar surface area (TPSA) is 68.9 Å². The van der Waals surface area contributed by atoms with E-state index in [0.717, 1.165) is 15.8 Å². The fourth-order valence-electron chi connectivity index (χ4n) is 1.77. The molecule has 0 aliphatic carbocycles. The number of hydrogen-bond acceptors (Lipinski definition) is 4. The number of benzene rings is 2. The van der Waals surface area contributed by atoms with E-state index in [4.69, 9.17) is 27.4 Å². The molecule has 0 heterocycles. The van der Waals surface area contributed by atoms with E-state index in [1.165, 1.54) is 0 Å². The smallest absolute Gasteiger partial charge is 0.184 e. The van der Waals surface area contributed by atoms with Gasteiger partial charge in [-0.25, -0.2) is 0 Å². The van der Waals surface area contributed by atoms with Crippen molar-refractivity contribution in [3.63, 3.8) is 0 Å². The zero-order valence-electron chi connectivity index (χ0n) is 12.5. The summed E-state index contributed by atoms with van der Waals surface area (Å²) in [5, 5.41) is 4.31. The standard InChI is InChI=1S/C16H16BrN3O2S/c1-21-13-6-8-14(9-7-13)22-10-15(19-20-16(18)23)11-2-4-12(17)5-3-11/h2-9H,10H2,1H3,(H3,18,20,23). The molecule has 23 heavy (non-hydrogen) atoms. The van der Waals surface area contributed by atoms with Crippen molar-refractivity contribution in [1.82, 2.24) is 5.43 Å². The molecular weight excluding hydrogens is 378 g/mol. The summed E-state index contributed by atoms with van der Waals surface area (Å²) in [6.45, 7) is 0.267. The molecule has 2 aromatic rings. The van der Waals surface area contributed by atoms with Crippen molar-refractivity contribution in [2.75, 3.05) is 13.7 Å². The first-order valence-electron chi connectivity index (χ1n) is 6.73. The highest BCUT2D eigenvalue weighted by molar-refractivity contribution is 9.10. The summed E-state index contributed by atoms with van der Waals surface area (Å²) in [7, 11) is 1.62. The molecule has 0 bridgehead atoms. The molecule has 0 aliphatic rings. The number of hydrogen-bond donors (Lipinski definition) is 2. The quantitative estimate of drug-likeness (QED) is 0.448. The maximum absolute atomic E-state index is 5.76. The van der Waals surface area contributed by atoms with Crippen molar-refractivity contribution in [3.05, 3.63) is 58.6 Å². The Morgan fingerprint density at radius 3 is 2.30 bits per heavy atom. The lowest BCUT2D eigenvalue weighted by molar-refractivity contribution is 0.373. The molecule has 2 rings (SSSR count). The Kier molecular flexibility index (Phi) is 6.37. The average molecular weight is 394 g/mol. The van der Waals surface area contributed by atoms with Gasteiger partial charge in [0.1, 0.15) is 23.8 Å². The summed E-state index contributed by atoms with van der Waals surface area (Å²) < 4.78 is 11.9. The van der Waals surface area contributed by atoms with Gasteiger partial charge in [-0.1, -0.05) is 28.1 Å². The molecule has 3 N–H and O–H groups in total. The lowest BCUT2D eigenvalue weighted by Crippen LogP contribution is -2.27. The van der Waals surface area contributed by atoms with E-state index < -0.39 is 0 Å². The minimum atomic E-state index is 0.101. The summed E-state index contributed by atoms with van der Waals surface area (Å²) in [5.41, 5.74) is 9.62. The molecule has 0 saturated heterocycles. The van der Waals surface area contributed by atoms with Crippen LogP contribution in [0.1, 0.15) is 5.56 Å². The summed E-state index contributed by atoms with van der Waals surface area (Å²) in [5.74, 6) is 1.49. The third-order valence-electron chi connectivity index (χ3n) is 2.91. The lowest BCUT2D eigenvalue weighted by Gasteiger charge is -2.10. The minimum Gasteiger partial charge on any atom is -0.497 e. The average Bonchev–Trinajstić information content (AvgIpc) is 2.56. The lowest BCUT2D eigenvalue weighted by atomic mass is 10.1. The van der Waals surface area contributed by atoms with Crippen molar-refractivity contribution >= 4 is 39.0 Å². The van der Waals surface area contributed by atoms with E-state index in [0.29, 0.717) is 11.5 Å². The Labute approximate surface area is 148 Å². The maximum Gasteiger partial charge on any atom is 0.184 e. The van der Waals surface area contributed by atoms with E-state index >= 15 is 0 Å². The van der Waals surface area contributed by atoms with E-state index in [1.54, 1.807) is 7.11 Å². The Hall–Kier alpha value is -2.12. The van der Waals surface area contributed by atoms with Crippen LogP contribution in [0.5, 0.6) is 11.5 Å². The third-order valence-corrected chi connectivity index (χ3v) is 3.53. The SMILES string of the molecule is COc1ccc(OCC(=NNC(N)=S)c2ccc(Br)cc2)cc1. The Morgan fingerprint density at radius 1 is 1.13 bits per heavy atom. The highest BCUT2D eigenvalue weighted by atomic mass is 79.9. The van der Waals surface area contributed by atoms with Gasteiger partial charge in [0.25, 0.3) is 0 Å². The van der Waals surface area contributed by atoms with Gasteiger partial charge < -0.3 is 15.2 Å². The van der Waals surface area contributed by atoms with Gasteiger partial charge in [0.05, 0.1) is 7.11 Å². The zero-order chi connectivity index (χ0) is 16.7. The van der Waals surface area contributed by atoms with Gasteiger partial charge in [0.15, 0.2) is 5.11 Å². The number of rotatable bonds is 6. The number of hydrazone groups is 1. The number of ether oxygens (including phenoxy) is 2. The van der Waals surface area contributed by atoms with Gasteiger partial charge in [0, 0.05) is 10.0 Å². The van der Waals surface area contributed by atoms with Gasteiger partial charge >= 0.3 is 0 Å². The Bertz CT molecular complexity index is 687. The molecule has 0 unspecified atom stereocenters. The second-order valence-corrected chi connectivity index (χ2v) is 5.86. The van der Waals surface area contributed by atoms with Crippen molar-refractivity contribution in [1.29, 1.82) is 0 Å². The second-order valence-electron chi connectivity index (χ2n) is 4.51. The van der Waals surface area contributed by atoms with Crippen molar-refractivity contribution in [2.24, 2.45) is 10.8 Å². The van der Waals surface area contributed by atoms with Crippen LogP contribution in [0.4, 0.5) is 0 Å². The van der Waals surface area contributed by atoms with Crippen LogP contribution in [0.25, 0.3) is 0 Å². The van der Waals surface area contributed by atoms with Crippen LogP contribution in [0.3, 0.4) is 0 Å². The number of nitrogens with two attached hydrogens (primary N) is 1. The maximum atomic E-state index is 5.76. The number of halogens is 1. The van der Waals surface area contributed by atoms with Crippen LogP contribution in [0.2, 0.25) is 0 Å². The molecule has 7 heteroatoms. The number of methoxy groups -OCH3 is 1. The first kappa shape index (κ1) is 17.2. The normalized spacial score (nSPS) is 11.0. The van der Waals surface area contributed by atoms with Crippen molar-refractivity contribution in [2.45, 2.75) is 0 Å². The van der Waals surface area contributed by atoms with E-state index in [1.807, 2.05) is 48.5 Å². The molecule has 0 amide bonds. The van der Waals surface area contributed by atoms with Crippen LogP contribution >= 0.6 is 28.1 Å². The zero-order valence-corrected chi connectivity index (χ0v) is 14.9. The molecule has 0 atom stereocenters. The summed E-state index contributed by atoms with van der Waals surface area (Å²) >= 11 is 8.19. The second kappa shape index (κ2) is 8.50. The van der Waals surface area contributed by atoms with Crippen LogP contribution in [-0.2, 0) is 0 Å². The molecule has 0 aliphatic heterocycles. The highest BCUT2D eigenvalue weighted by Crippen LogP contribution is 2.18. The molecule has 0 spiro atoms. The fourth-order valence-corrected chi connectivity index (χ4v) is 2.08. The largest absolute Gasteiger partial charge is 0.497 e. The molecule has 120 valence electrons. The molecule has 2 aromatic carbocycles. The van der Waals surface area contributed by atoms with Crippen molar-refractivity contribution < 1.29 is 9.47 Å². The molecule has 5 nitrogen and oxygen atoms in total. The molecule has 0 radical (unpaired) electrons. The molecule has 0 saturated carbocycles. The van der Waals surface area contributed by atoms with Gasteiger partial charge in [-0.3, -0.25) is 5.43 Å². The highest BCUT2D eigenvalue weighted by Gasteiger charge is 2.06. The summed E-state index contributed by atoms with van der Waals surface area (Å²) in [6, 6.07) is 15.1. The van der Waals surface area contributed by atoms with E-state index in [9.17, 15) is 0 Å². The predicted octanol–water partition coefficient (Wildman–Crippen LogP) is 3.07. The molecule has 0 aromatic heterocycles. The number of thiocarbonyl (C=S) groups is 1. The monoisotopic (exact) mass is 393 g/mol. The molecular formula is C16H16BrN3O2S.